The summed E-state index contributed by atoms with van der Waals surface area (Å²) in [6.45, 7) is 6.24. The lowest BCUT2D eigenvalue weighted by Gasteiger charge is -2.24. The average molecular weight is 824 g/mol. The number of amides is 1. The number of rotatable bonds is 43. The van der Waals surface area contributed by atoms with Gasteiger partial charge in [-0.2, -0.15) is 0 Å². The van der Waals surface area contributed by atoms with Crippen molar-refractivity contribution in [2.75, 3.05) is 6.61 Å². The lowest BCUT2D eigenvalue weighted by Crippen LogP contribution is -2.46. The van der Waals surface area contributed by atoms with Crippen LogP contribution in [0, 0.1) is 0 Å². The number of aliphatic hydroxyl groups is 2. The highest BCUT2D eigenvalue weighted by atomic mass is 16.5. The Bertz CT molecular complexity index is 1110. The van der Waals surface area contributed by atoms with Crippen molar-refractivity contribution in [3.05, 3.63) is 72.9 Å². The lowest BCUT2D eigenvalue weighted by molar-refractivity contribution is -0.151. The molecule has 340 valence electrons. The predicted octanol–water partition coefficient (Wildman–Crippen LogP) is 14.6. The summed E-state index contributed by atoms with van der Waals surface area (Å²) in [6.07, 6.45) is 58.1. The van der Waals surface area contributed by atoms with Gasteiger partial charge in [-0.15, -0.1) is 0 Å². The summed E-state index contributed by atoms with van der Waals surface area (Å²) in [5.74, 6) is -0.525. The Labute approximate surface area is 364 Å². The molecule has 0 saturated heterocycles. The maximum absolute atomic E-state index is 13.2. The zero-order valence-electron chi connectivity index (χ0n) is 38.6. The van der Waals surface area contributed by atoms with E-state index in [9.17, 15) is 19.8 Å². The Balaban J connectivity index is 4.68. The van der Waals surface area contributed by atoms with Crippen LogP contribution < -0.4 is 5.32 Å². The summed E-state index contributed by atoms with van der Waals surface area (Å²) in [4.78, 5) is 26.1. The fourth-order valence-corrected chi connectivity index (χ4v) is 7.11. The van der Waals surface area contributed by atoms with Crippen LogP contribution >= 0.6 is 0 Å². The number of carbonyl (C=O) groups excluding carboxylic acids is 2. The number of hydrogen-bond acceptors (Lipinski definition) is 5. The van der Waals surface area contributed by atoms with Gasteiger partial charge in [0.05, 0.1) is 25.2 Å². The molecular weight excluding hydrogens is 731 g/mol. The Hall–Kier alpha value is -2.70. The SMILES string of the molecule is CC/C=C/C/C=C/C/C=C/CCCCCCC(=O)OC(CCCCCC/C=C/C/C=C/C/C=C/CC)CC(=O)NC(CO)C(O)CCCCCCCCCCCCCC. The van der Waals surface area contributed by atoms with Crippen LogP contribution in [0.25, 0.3) is 0 Å². The number of unbranched alkanes of at least 4 members (excludes halogenated alkanes) is 19. The Kier molecular flexibility index (Phi) is 44.2. The van der Waals surface area contributed by atoms with Gasteiger partial charge in [0.2, 0.25) is 5.91 Å². The molecule has 0 aromatic heterocycles. The number of aliphatic hydroxyl groups excluding tert-OH is 2. The van der Waals surface area contributed by atoms with E-state index in [1.165, 1.54) is 57.8 Å². The van der Waals surface area contributed by atoms with Gasteiger partial charge in [0.1, 0.15) is 6.10 Å². The molecule has 0 heterocycles. The number of allylic oxidation sites excluding steroid dienone is 12. The summed E-state index contributed by atoms with van der Waals surface area (Å²) in [5.41, 5.74) is 0. The molecule has 0 fully saturated rings. The molecule has 1 amide bonds. The zero-order valence-corrected chi connectivity index (χ0v) is 38.6. The minimum atomic E-state index is -0.800. The first kappa shape index (κ1) is 56.3. The van der Waals surface area contributed by atoms with E-state index in [4.69, 9.17) is 4.74 Å². The second-order valence-corrected chi connectivity index (χ2v) is 16.4. The van der Waals surface area contributed by atoms with Gasteiger partial charge in [0.15, 0.2) is 0 Å². The van der Waals surface area contributed by atoms with E-state index >= 15 is 0 Å². The summed E-state index contributed by atoms with van der Waals surface area (Å²) >= 11 is 0. The van der Waals surface area contributed by atoms with Crippen molar-refractivity contribution >= 4 is 11.9 Å². The molecule has 0 spiro atoms. The van der Waals surface area contributed by atoms with Crippen LogP contribution in [0.1, 0.15) is 226 Å². The quantitative estimate of drug-likeness (QED) is 0.0323. The molecule has 0 aliphatic carbocycles. The molecule has 59 heavy (non-hydrogen) atoms. The van der Waals surface area contributed by atoms with E-state index in [2.05, 4.69) is 99.0 Å². The smallest absolute Gasteiger partial charge is 0.306 e. The van der Waals surface area contributed by atoms with Crippen LogP contribution in [-0.4, -0.2) is 46.9 Å². The van der Waals surface area contributed by atoms with Gasteiger partial charge >= 0.3 is 5.97 Å². The average Bonchev–Trinajstić information content (AvgIpc) is 3.23. The van der Waals surface area contributed by atoms with Gasteiger partial charge in [-0.25, -0.2) is 0 Å². The first-order valence-electron chi connectivity index (χ1n) is 24.7. The number of hydrogen-bond donors (Lipinski definition) is 3. The highest BCUT2D eigenvalue weighted by Crippen LogP contribution is 2.17. The first-order chi connectivity index (χ1) is 29.0. The topological polar surface area (TPSA) is 95.9 Å². The van der Waals surface area contributed by atoms with Crippen molar-refractivity contribution in [2.24, 2.45) is 0 Å². The van der Waals surface area contributed by atoms with Crippen molar-refractivity contribution in [1.29, 1.82) is 0 Å². The molecule has 6 heteroatoms. The Morgan fingerprint density at radius 1 is 0.508 bits per heavy atom. The summed E-state index contributed by atoms with van der Waals surface area (Å²) in [7, 11) is 0. The molecule has 0 radical (unpaired) electrons. The van der Waals surface area contributed by atoms with Crippen molar-refractivity contribution in [1.82, 2.24) is 5.32 Å². The van der Waals surface area contributed by atoms with Gasteiger partial charge in [-0.05, 0) is 89.9 Å². The van der Waals surface area contributed by atoms with Crippen LogP contribution in [0.3, 0.4) is 0 Å². The van der Waals surface area contributed by atoms with E-state index in [-0.39, 0.29) is 24.9 Å². The van der Waals surface area contributed by atoms with Crippen molar-refractivity contribution in [3.63, 3.8) is 0 Å². The fraction of sp³-hybridized carbons (Fsp3) is 0.736. The molecule has 0 saturated carbocycles. The van der Waals surface area contributed by atoms with E-state index in [0.717, 1.165) is 122 Å². The third-order valence-corrected chi connectivity index (χ3v) is 10.8. The second kappa shape index (κ2) is 46.4. The molecule has 6 nitrogen and oxygen atoms in total. The van der Waals surface area contributed by atoms with Crippen LogP contribution in [0.15, 0.2) is 72.9 Å². The van der Waals surface area contributed by atoms with Crippen molar-refractivity contribution in [3.8, 4) is 0 Å². The summed E-state index contributed by atoms with van der Waals surface area (Å²) < 4.78 is 5.90. The molecule has 0 bridgehead atoms. The first-order valence-corrected chi connectivity index (χ1v) is 24.7. The zero-order chi connectivity index (χ0) is 43.1. The number of ether oxygens (including phenoxy) is 1. The molecule has 0 aliphatic rings. The number of nitrogens with one attached hydrogen (secondary N) is 1. The minimum Gasteiger partial charge on any atom is -0.462 e. The minimum absolute atomic E-state index is 0.0506. The molecular formula is C53H93NO5. The third-order valence-electron chi connectivity index (χ3n) is 10.8. The van der Waals surface area contributed by atoms with Gasteiger partial charge in [-0.1, -0.05) is 196 Å². The molecule has 0 rings (SSSR count). The maximum Gasteiger partial charge on any atom is 0.306 e. The molecule has 3 N–H and O–H groups in total. The van der Waals surface area contributed by atoms with E-state index in [0.29, 0.717) is 19.3 Å². The van der Waals surface area contributed by atoms with Crippen LogP contribution in [0.5, 0.6) is 0 Å². The fourth-order valence-electron chi connectivity index (χ4n) is 7.11. The third kappa shape index (κ3) is 41.8. The van der Waals surface area contributed by atoms with E-state index < -0.39 is 18.2 Å². The maximum atomic E-state index is 13.2. The predicted molar refractivity (Wildman–Crippen MR) is 255 cm³/mol. The molecule has 0 aromatic rings. The van der Waals surface area contributed by atoms with Crippen molar-refractivity contribution in [2.45, 2.75) is 244 Å². The van der Waals surface area contributed by atoms with Crippen LogP contribution in [-0.2, 0) is 14.3 Å². The van der Waals surface area contributed by atoms with E-state index in [1.54, 1.807) is 0 Å². The van der Waals surface area contributed by atoms with E-state index in [1.807, 2.05) is 0 Å². The van der Waals surface area contributed by atoms with Gasteiger partial charge in [0.25, 0.3) is 0 Å². The normalized spacial score (nSPS) is 13.9. The number of esters is 1. The van der Waals surface area contributed by atoms with Crippen molar-refractivity contribution < 1.29 is 24.5 Å². The second-order valence-electron chi connectivity index (χ2n) is 16.4. The molecule has 3 unspecified atom stereocenters. The monoisotopic (exact) mass is 824 g/mol. The Morgan fingerprint density at radius 2 is 0.915 bits per heavy atom. The largest absolute Gasteiger partial charge is 0.462 e. The van der Waals surface area contributed by atoms with Gasteiger partial charge in [-0.3, -0.25) is 9.59 Å². The van der Waals surface area contributed by atoms with Gasteiger partial charge < -0.3 is 20.3 Å². The lowest BCUT2D eigenvalue weighted by atomic mass is 10.0. The van der Waals surface area contributed by atoms with Gasteiger partial charge in [0, 0.05) is 6.42 Å². The number of carbonyl (C=O) groups is 2. The highest BCUT2D eigenvalue weighted by Gasteiger charge is 2.24. The molecule has 0 aromatic carbocycles. The highest BCUT2D eigenvalue weighted by molar-refractivity contribution is 5.77. The standard InChI is InChI=1S/C53H93NO5/c1-4-7-10-13-16-19-22-25-27-29-32-35-38-41-44-49(59-53(58)46-43-40-37-34-31-28-26-23-20-17-14-11-8-5-2)47-52(57)54-50(48-55)51(56)45-42-39-36-33-30-24-21-18-15-12-9-6-3/h7-8,10-11,16-17,19-20,25-28,49-51,55-56H,4-6,9,12-15,18,21-24,29-48H2,1-3H3,(H,54,57)/b10-7+,11-8+,19-16+,20-17+,27-25+,28-26+. The van der Waals surface area contributed by atoms with Crippen LogP contribution in [0.2, 0.25) is 0 Å². The molecule has 3 atom stereocenters. The summed E-state index contributed by atoms with van der Waals surface area (Å²) in [5, 5.41) is 23.7. The Morgan fingerprint density at radius 3 is 1.39 bits per heavy atom. The molecule has 0 aliphatic heterocycles. The van der Waals surface area contributed by atoms with Crippen LogP contribution in [0.4, 0.5) is 0 Å². The summed E-state index contributed by atoms with van der Waals surface area (Å²) in [6, 6.07) is -0.715.